The number of aromatic nitrogens is 2. The van der Waals surface area contributed by atoms with Crippen LogP contribution in [0.4, 0.5) is 5.82 Å². The fourth-order valence-electron chi connectivity index (χ4n) is 5.27. The molecule has 1 fully saturated rings. The average Bonchev–Trinajstić information content (AvgIpc) is 2.95. The van der Waals surface area contributed by atoms with Crippen LogP contribution in [0.15, 0.2) is 71.8 Å². The lowest BCUT2D eigenvalue weighted by molar-refractivity contribution is 0.0342. The van der Waals surface area contributed by atoms with E-state index in [1.54, 1.807) is 12.1 Å². The molecule has 1 aliphatic rings. The van der Waals surface area contributed by atoms with Crippen LogP contribution in [0.5, 0.6) is 0 Å². The molecular formula is C32H35N5O4S. The number of hydrogen-bond donors (Lipinski definition) is 2. The molecule has 4 aromatic rings. The quantitative estimate of drug-likeness (QED) is 0.315. The third kappa shape index (κ3) is 6.84. The first-order chi connectivity index (χ1) is 20.1. The molecule has 5 rings (SSSR count). The monoisotopic (exact) mass is 585 g/mol. The van der Waals surface area contributed by atoms with Crippen LogP contribution in [0, 0.1) is 20.8 Å². The van der Waals surface area contributed by atoms with Crippen molar-refractivity contribution in [2.24, 2.45) is 0 Å². The van der Waals surface area contributed by atoms with Crippen LogP contribution >= 0.6 is 0 Å². The third-order valence-electron chi connectivity index (χ3n) is 7.41. The molecule has 2 aromatic heterocycles. The van der Waals surface area contributed by atoms with Crippen LogP contribution < -0.4 is 10.5 Å². The zero-order chi connectivity index (χ0) is 29.9. The number of nitrogens with two attached hydrogens (primary N) is 1. The number of rotatable bonds is 8. The summed E-state index contributed by atoms with van der Waals surface area (Å²) in [5.41, 5.74) is 13.5. The SMILES string of the molecule is Cc1cc(C)c(Cc2nc(-c3ccc(CN4CCOCC4)cc3)ccc2C(=O)NS(=O)(=O)c2cccc(N)n2)c(C)c1. The number of sulfonamides is 1. The Morgan fingerprint density at radius 2 is 1.64 bits per heavy atom. The minimum Gasteiger partial charge on any atom is -0.384 e. The van der Waals surface area contributed by atoms with Gasteiger partial charge < -0.3 is 10.5 Å². The molecule has 0 radical (unpaired) electrons. The van der Waals surface area contributed by atoms with Crippen molar-refractivity contribution < 1.29 is 17.9 Å². The summed E-state index contributed by atoms with van der Waals surface area (Å²) in [7, 11) is -4.25. The van der Waals surface area contributed by atoms with E-state index in [-0.39, 0.29) is 16.4 Å². The van der Waals surface area contributed by atoms with Gasteiger partial charge in [-0.2, -0.15) is 8.42 Å². The van der Waals surface area contributed by atoms with Crippen molar-refractivity contribution in [1.82, 2.24) is 19.6 Å². The van der Waals surface area contributed by atoms with Gasteiger partial charge in [-0.05, 0) is 67.3 Å². The fourth-order valence-corrected chi connectivity index (χ4v) is 6.21. The lowest BCUT2D eigenvalue weighted by Gasteiger charge is -2.26. The molecule has 42 heavy (non-hydrogen) atoms. The molecule has 1 aliphatic heterocycles. The number of benzene rings is 2. The van der Waals surface area contributed by atoms with Crippen molar-refractivity contribution in [2.45, 2.75) is 38.8 Å². The molecule has 0 bridgehead atoms. The summed E-state index contributed by atoms with van der Waals surface area (Å²) in [6, 6.07) is 20.0. The van der Waals surface area contributed by atoms with Gasteiger partial charge in [-0.25, -0.2) is 9.71 Å². The van der Waals surface area contributed by atoms with Crippen LogP contribution in [0.2, 0.25) is 0 Å². The summed E-state index contributed by atoms with van der Waals surface area (Å²) < 4.78 is 33.5. The van der Waals surface area contributed by atoms with Gasteiger partial charge in [-0.3, -0.25) is 14.7 Å². The molecule has 3 heterocycles. The van der Waals surface area contributed by atoms with Crippen molar-refractivity contribution in [1.29, 1.82) is 0 Å². The van der Waals surface area contributed by atoms with Gasteiger partial charge in [-0.15, -0.1) is 0 Å². The zero-order valence-electron chi connectivity index (χ0n) is 24.1. The van der Waals surface area contributed by atoms with Gasteiger partial charge in [0.1, 0.15) is 5.82 Å². The van der Waals surface area contributed by atoms with Gasteiger partial charge in [0.25, 0.3) is 15.9 Å². The van der Waals surface area contributed by atoms with E-state index in [9.17, 15) is 13.2 Å². The van der Waals surface area contributed by atoms with E-state index in [1.165, 1.54) is 23.8 Å². The molecule has 218 valence electrons. The largest absolute Gasteiger partial charge is 0.384 e. The number of morpholine rings is 1. The van der Waals surface area contributed by atoms with Crippen molar-refractivity contribution in [2.75, 3.05) is 32.0 Å². The Kier molecular flexibility index (Phi) is 8.67. The molecular weight excluding hydrogens is 550 g/mol. The summed E-state index contributed by atoms with van der Waals surface area (Å²) in [6.07, 6.45) is 0.361. The molecule has 2 aromatic carbocycles. The van der Waals surface area contributed by atoms with Gasteiger partial charge in [0, 0.05) is 31.6 Å². The smallest absolute Gasteiger partial charge is 0.281 e. The maximum Gasteiger partial charge on any atom is 0.281 e. The molecule has 0 atom stereocenters. The highest BCUT2D eigenvalue weighted by atomic mass is 32.2. The number of ether oxygens (including phenoxy) is 1. The predicted molar refractivity (Wildman–Crippen MR) is 163 cm³/mol. The summed E-state index contributed by atoms with van der Waals surface area (Å²) in [6.45, 7) is 10.3. The highest BCUT2D eigenvalue weighted by molar-refractivity contribution is 7.90. The number of carbonyl (C=O) groups is 1. The molecule has 1 saturated heterocycles. The predicted octanol–water partition coefficient (Wildman–Crippen LogP) is 4.19. The van der Waals surface area contributed by atoms with Crippen molar-refractivity contribution in [3.05, 3.63) is 106 Å². The number of carbonyl (C=O) groups excluding carboxylic acids is 1. The second-order valence-electron chi connectivity index (χ2n) is 10.7. The topological polar surface area (TPSA) is 128 Å². The highest BCUT2D eigenvalue weighted by Crippen LogP contribution is 2.25. The molecule has 1 amide bonds. The number of nitrogens with zero attached hydrogens (tertiary/aromatic N) is 3. The standard InChI is InChI=1S/C32H35N5O4S/c1-21-17-22(2)27(23(3)18-21)19-29-26(32(38)36-42(39,40)31-6-4-5-30(33)35-31)11-12-28(34-29)25-9-7-24(8-10-25)20-37-13-15-41-16-14-37/h4-12,17-18H,13-16,19-20H2,1-3H3,(H2,33,35)(H,36,38). The van der Waals surface area contributed by atoms with Gasteiger partial charge >= 0.3 is 0 Å². The minimum absolute atomic E-state index is 0.0401. The Hall–Kier alpha value is -4.12. The number of pyridine rings is 2. The Labute approximate surface area is 246 Å². The van der Waals surface area contributed by atoms with Crippen molar-refractivity contribution in [3.63, 3.8) is 0 Å². The Morgan fingerprint density at radius 1 is 0.952 bits per heavy atom. The van der Waals surface area contributed by atoms with Crippen molar-refractivity contribution >= 4 is 21.7 Å². The second-order valence-corrected chi connectivity index (χ2v) is 12.3. The molecule has 0 spiro atoms. The summed E-state index contributed by atoms with van der Waals surface area (Å²) in [5.74, 6) is -0.741. The molecule has 10 heteroatoms. The number of anilines is 1. The van der Waals surface area contributed by atoms with Crippen LogP contribution in [0.1, 0.15) is 43.9 Å². The maximum absolute atomic E-state index is 13.4. The molecule has 0 aliphatic carbocycles. The molecule has 0 unspecified atom stereocenters. The average molecular weight is 586 g/mol. The molecule has 3 N–H and O–H groups in total. The van der Waals surface area contributed by atoms with Crippen LogP contribution in [0.3, 0.4) is 0 Å². The van der Waals surface area contributed by atoms with E-state index >= 15 is 0 Å². The number of aryl methyl sites for hydroxylation is 3. The van der Waals surface area contributed by atoms with E-state index < -0.39 is 15.9 Å². The van der Waals surface area contributed by atoms with Gasteiger partial charge in [0.2, 0.25) is 0 Å². The lowest BCUT2D eigenvalue weighted by Crippen LogP contribution is -2.35. The van der Waals surface area contributed by atoms with Crippen LogP contribution in [-0.2, 0) is 27.7 Å². The Bertz CT molecular complexity index is 1690. The minimum atomic E-state index is -4.25. The second kappa shape index (κ2) is 12.4. The maximum atomic E-state index is 13.4. The van der Waals surface area contributed by atoms with Gasteiger partial charge in [-0.1, -0.05) is 48.0 Å². The summed E-state index contributed by atoms with van der Waals surface area (Å²) >= 11 is 0. The van der Waals surface area contributed by atoms with E-state index in [1.807, 2.05) is 32.9 Å². The number of nitrogen functional groups attached to an aromatic ring is 1. The van der Waals surface area contributed by atoms with Crippen LogP contribution in [-0.4, -0.2) is 55.5 Å². The lowest BCUT2D eigenvalue weighted by atomic mass is 9.94. The van der Waals surface area contributed by atoms with E-state index in [0.717, 1.165) is 60.7 Å². The molecule has 9 nitrogen and oxygen atoms in total. The normalized spacial score (nSPS) is 14.1. The first-order valence-electron chi connectivity index (χ1n) is 13.8. The fraction of sp³-hybridized carbons (Fsp3) is 0.281. The highest BCUT2D eigenvalue weighted by Gasteiger charge is 2.24. The Morgan fingerprint density at radius 3 is 2.31 bits per heavy atom. The van der Waals surface area contributed by atoms with E-state index in [0.29, 0.717) is 17.8 Å². The van der Waals surface area contributed by atoms with Gasteiger partial charge in [0.05, 0.1) is 30.2 Å². The van der Waals surface area contributed by atoms with Gasteiger partial charge in [0.15, 0.2) is 5.03 Å². The summed E-state index contributed by atoms with van der Waals surface area (Å²) in [4.78, 5) is 24.6. The Balaban J connectivity index is 1.47. The van der Waals surface area contributed by atoms with Crippen molar-refractivity contribution in [3.8, 4) is 11.3 Å². The first-order valence-corrected chi connectivity index (χ1v) is 15.3. The molecule has 0 saturated carbocycles. The first kappa shape index (κ1) is 29.4. The third-order valence-corrected chi connectivity index (χ3v) is 8.64. The number of amides is 1. The zero-order valence-corrected chi connectivity index (χ0v) is 24.9. The number of hydrogen-bond acceptors (Lipinski definition) is 8. The number of nitrogens with one attached hydrogen (secondary N) is 1. The summed E-state index contributed by atoms with van der Waals surface area (Å²) in [5, 5.41) is -0.329. The van der Waals surface area contributed by atoms with E-state index in [4.69, 9.17) is 15.5 Å². The van der Waals surface area contributed by atoms with Crippen LogP contribution in [0.25, 0.3) is 11.3 Å². The van der Waals surface area contributed by atoms with E-state index in [2.05, 4.69) is 38.9 Å².